The molecular weight excluding hydrogens is 88.1 g/mol. The molecule has 0 radical (unpaired) electrons. The Morgan fingerprint density at radius 2 is 2.14 bits per heavy atom. The Bertz CT molecular complexity index is 68.6. The molecule has 1 heteroatoms. The third-order valence-electron chi connectivity index (χ3n) is 1.79. The van der Waals surface area contributed by atoms with Crippen LogP contribution < -0.4 is 0 Å². The van der Waals surface area contributed by atoms with Gasteiger partial charge in [-0.05, 0) is 25.2 Å². The second-order valence-corrected chi connectivity index (χ2v) is 2.62. The van der Waals surface area contributed by atoms with Crippen LogP contribution in [0.4, 0.5) is 0 Å². The van der Waals surface area contributed by atoms with Crippen molar-refractivity contribution in [2.24, 2.45) is 11.8 Å². The molecule has 0 bridgehead atoms. The first-order valence-corrected chi connectivity index (χ1v) is 2.90. The molecule has 0 aliphatic heterocycles. The molecule has 0 aromatic heterocycles. The highest BCUT2D eigenvalue weighted by Crippen LogP contribution is 2.40. The molecular formula is C6H12O. The Labute approximate surface area is 44.4 Å². The molecule has 0 saturated heterocycles. The molecule has 3 atom stereocenters. The van der Waals surface area contributed by atoms with Gasteiger partial charge in [-0.2, -0.15) is 0 Å². The number of aliphatic hydroxyl groups excluding tert-OH is 1. The monoisotopic (exact) mass is 100 g/mol. The van der Waals surface area contributed by atoms with Crippen molar-refractivity contribution in [2.75, 3.05) is 0 Å². The second-order valence-electron chi connectivity index (χ2n) is 2.62. The van der Waals surface area contributed by atoms with E-state index in [0.29, 0.717) is 5.92 Å². The molecule has 0 spiro atoms. The van der Waals surface area contributed by atoms with Crippen molar-refractivity contribution in [1.82, 2.24) is 0 Å². The Morgan fingerprint density at radius 1 is 1.71 bits per heavy atom. The van der Waals surface area contributed by atoms with E-state index in [0.717, 1.165) is 5.92 Å². The van der Waals surface area contributed by atoms with Crippen LogP contribution in [0.25, 0.3) is 0 Å². The van der Waals surface area contributed by atoms with Crippen molar-refractivity contribution >= 4 is 0 Å². The summed E-state index contributed by atoms with van der Waals surface area (Å²) in [6.07, 6.45) is 1.17. The molecule has 0 aromatic carbocycles. The van der Waals surface area contributed by atoms with Gasteiger partial charge in [-0.1, -0.05) is 6.92 Å². The van der Waals surface area contributed by atoms with Gasteiger partial charge in [0.15, 0.2) is 0 Å². The first kappa shape index (κ1) is 5.10. The summed E-state index contributed by atoms with van der Waals surface area (Å²) < 4.78 is 0. The highest BCUT2D eigenvalue weighted by Gasteiger charge is 2.35. The van der Waals surface area contributed by atoms with Crippen LogP contribution in [0, 0.1) is 11.8 Å². The minimum absolute atomic E-state index is 0.0602. The van der Waals surface area contributed by atoms with E-state index in [4.69, 9.17) is 5.11 Å². The van der Waals surface area contributed by atoms with E-state index in [1.807, 2.05) is 6.92 Å². The van der Waals surface area contributed by atoms with E-state index in [9.17, 15) is 0 Å². The fourth-order valence-corrected chi connectivity index (χ4v) is 1.02. The topological polar surface area (TPSA) is 20.2 Å². The standard InChI is InChI=1S/C6H12O/c1-4-3-6(4)5(2)7/h4-7H,3H2,1-2H3/t4?,5-,6?/m1/s1. The Kier molecular flexibility index (Phi) is 1.08. The Balaban J connectivity index is 2.20. The Hall–Kier alpha value is -0.0400. The summed E-state index contributed by atoms with van der Waals surface area (Å²) in [5.74, 6) is 1.42. The summed E-state index contributed by atoms with van der Waals surface area (Å²) in [6, 6.07) is 0. The van der Waals surface area contributed by atoms with Gasteiger partial charge in [0.2, 0.25) is 0 Å². The average molecular weight is 100 g/mol. The maximum atomic E-state index is 8.86. The van der Waals surface area contributed by atoms with Crippen LogP contribution in [0.5, 0.6) is 0 Å². The molecule has 1 saturated carbocycles. The van der Waals surface area contributed by atoms with Gasteiger partial charge in [-0.25, -0.2) is 0 Å². The molecule has 1 aliphatic carbocycles. The molecule has 2 unspecified atom stereocenters. The zero-order chi connectivity index (χ0) is 5.44. The summed E-state index contributed by atoms with van der Waals surface area (Å²) in [5.41, 5.74) is 0. The van der Waals surface area contributed by atoms with Gasteiger partial charge >= 0.3 is 0 Å². The van der Waals surface area contributed by atoms with Gasteiger partial charge < -0.3 is 5.11 Å². The van der Waals surface area contributed by atoms with Crippen LogP contribution in [0.15, 0.2) is 0 Å². The largest absolute Gasteiger partial charge is 0.393 e. The maximum absolute atomic E-state index is 8.86. The minimum atomic E-state index is -0.0602. The zero-order valence-corrected chi connectivity index (χ0v) is 4.89. The molecule has 7 heavy (non-hydrogen) atoms. The lowest BCUT2D eigenvalue weighted by molar-refractivity contribution is 0.165. The summed E-state index contributed by atoms with van der Waals surface area (Å²) in [4.78, 5) is 0. The summed E-state index contributed by atoms with van der Waals surface area (Å²) in [6.45, 7) is 4.05. The molecule has 0 aromatic rings. The van der Waals surface area contributed by atoms with Crippen LogP contribution in [0.1, 0.15) is 20.3 Å². The Morgan fingerprint density at radius 3 is 2.14 bits per heavy atom. The molecule has 0 amide bonds. The van der Waals surface area contributed by atoms with E-state index in [1.54, 1.807) is 0 Å². The van der Waals surface area contributed by atoms with Crippen LogP contribution in [0.3, 0.4) is 0 Å². The lowest BCUT2D eigenvalue weighted by atomic mass is 10.2. The second kappa shape index (κ2) is 1.48. The van der Waals surface area contributed by atoms with Crippen molar-refractivity contribution in [2.45, 2.75) is 26.4 Å². The average Bonchev–Trinajstić information content (AvgIpc) is 2.17. The highest BCUT2D eigenvalue weighted by atomic mass is 16.3. The predicted molar refractivity (Wildman–Crippen MR) is 29.0 cm³/mol. The summed E-state index contributed by atoms with van der Waals surface area (Å²) >= 11 is 0. The normalized spacial score (nSPS) is 43.3. The van der Waals surface area contributed by atoms with Gasteiger partial charge in [0, 0.05) is 0 Å². The van der Waals surface area contributed by atoms with Gasteiger partial charge in [0.05, 0.1) is 6.10 Å². The van der Waals surface area contributed by atoms with Gasteiger partial charge in [0.1, 0.15) is 0 Å². The van der Waals surface area contributed by atoms with Gasteiger partial charge in [0.25, 0.3) is 0 Å². The van der Waals surface area contributed by atoms with E-state index in [2.05, 4.69) is 6.92 Å². The fraction of sp³-hybridized carbons (Fsp3) is 1.00. The third kappa shape index (κ3) is 0.942. The maximum Gasteiger partial charge on any atom is 0.0542 e. The molecule has 42 valence electrons. The SMILES string of the molecule is CC1CC1[C@@H](C)O. The first-order valence-electron chi connectivity index (χ1n) is 2.90. The molecule has 1 aliphatic rings. The zero-order valence-electron chi connectivity index (χ0n) is 4.89. The van der Waals surface area contributed by atoms with Crippen molar-refractivity contribution in [1.29, 1.82) is 0 Å². The number of hydrogen-bond acceptors (Lipinski definition) is 1. The van der Waals surface area contributed by atoms with Gasteiger partial charge in [-0.15, -0.1) is 0 Å². The smallest absolute Gasteiger partial charge is 0.0542 e. The van der Waals surface area contributed by atoms with E-state index in [1.165, 1.54) is 6.42 Å². The van der Waals surface area contributed by atoms with Crippen molar-refractivity contribution in [3.63, 3.8) is 0 Å². The highest BCUT2D eigenvalue weighted by molar-refractivity contribution is 4.85. The van der Waals surface area contributed by atoms with E-state index >= 15 is 0 Å². The van der Waals surface area contributed by atoms with Crippen molar-refractivity contribution in [3.8, 4) is 0 Å². The number of hydrogen-bond donors (Lipinski definition) is 1. The van der Waals surface area contributed by atoms with E-state index < -0.39 is 0 Å². The molecule has 1 nitrogen and oxygen atoms in total. The van der Waals surface area contributed by atoms with Crippen molar-refractivity contribution < 1.29 is 5.11 Å². The van der Waals surface area contributed by atoms with Crippen LogP contribution in [-0.2, 0) is 0 Å². The van der Waals surface area contributed by atoms with Crippen LogP contribution in [0.2, 0.25) is 0 Å². The molecule has 1 N–H and O–H groups in total. The predicted octanol–water partition coefficient (Wildman–Crippen LogP) is 1.02. The summed E-state index contributed by atoms with van der Waals surface area (Å²) in [7, 11) is 0. The quantitative estimate of drug-likeness (QED) is 0.521. The lowest BCUT2D eigenvalue weighted by Gasteiger charge is -1.96. The third-order valence-corrected chi connectivity index (χ3v) is 1.79. The number of rotatable bonds is 1. The number of aliphatic hydroxyl groups is 1. The fourth-order valence-electron chi connectivity index (χ4n) is 1.02. The summed E-state index contributed by atoms with van der Waals surface area (Å²) in [5, 5.41) is 8.86. The molecule has 0 heterocycles. The lowest BCUT2D eigenvalue weighted by Crippen LogP contribution is -2.02. The minimum Gasteiger partial charge on any atom is -0.393 e. The van der Waals surface area contributed by atoms with Gasteiger partial charge in [-0.3, -0.25) is 0 Å². The van der Waals surface area contributed by atoms with Crippen LogP contribution in [-0.4, -0.2) is 11.2 Å². The van der Waals surface area contributed by atoms with E-state index in [-0.39, 0.29) is 6.10 Å². The molecule has 1 fully saturated rings. The first-order chi connectivity index (χ1) is 3.22. The molecule has 1 rings (SSSR count). The van der Waals surface area contributed by atoms with Crippen LogP contribution >= 0.6 is 0 Å². The van der Waals surface area contributed by atoms with Crippen molar-refractivity contribution in [3.05, 3.63) is 0 Å².